The van der Waals surface area contributed by atoms with Crippen LogP contribution in [0.3, 0.4) is 0 Å². The largest absolute Gasteiger partial charge is 0.350 e. The summed E-state index contributed by atoms with van der Waals surface area (Å²) in [6.07, 6.45) is 0.911. The molecule has 0 heterocycles. The Hall–Kier alpha value is -1.31. The highest BCUT2D eigenvalue weighted by Gasteiger charge is 2.15. The predicted molar refractivity (Wildman–Crippen MR) is 72.0 cm³/mol. The summed E-state index contributed by atoms with van der Waals surface area (Å²) in [6.45, 7) is 10.2. The lowest BCUT2D eigenvalue weighted by Crippen LogP contribution is -2.25. The minimum Gasteiger partial charge on any atom is -0.350 e. The Balaban J connectivity index is 2.89. The summed E-state index contributed by atoms with van der Waals surface area (Å²) < 4.78 is 0. The molecule has 1 aromatic carbocycles. The lowest BCUT2D eigenvalue weighted by atomic mass is 9.86. The Bertz CT molecular complexity index is 373. The number of amides is 1. The number of hydrogen-bond acceptors (Lipinski definition) is 1. The third-order valence-electron chi connectivity index (χ3n) is 2.96. The molecule has 0 aliphatic carbocycles. The van der Waals surface area contributed by atoms with Crippen LogP contribution in [-0.4, -0.2) is 5.91 Å². The first-order valence-electron chi connectivity index (χ1n) is 6.22. The molecule has 0 bridgehead atoms. The molecule has 1 atom stereocenters. The van der Waals surface area contributed by atoms with Crippen LogP contribution in [-0.2, 0) is 10.2 Å². The lowest BCUT2D eigenvalue weighted by Gasteiger charge is -2.21. The summed E-state index contributed by atoms with van der Waals surface area (Å²) in [6, 6.07) is 8.66. The van der Waals surface area contributed by atoms with Crippen molar-refractivity contribution in [2.45, 2.75) is 52.5 Å². The van der Waals surface area contributed by atoms with E-state index >= 15 is 0 Å². The summed E-state index contributed by atoms with van der Waals surface area (Å²) in [5.41, 5.74) is 2.67. The topological polar surface area (TPSA) is 29.1 Å². The second kappa shape index (κ2) is 5.35. The molecule has 0 spiro atoms. The van der Waals surface area contributed by atoms with Gasteiger partial charge < -0.3 is 5.32 Å². The monoisotopic (exact) mass is 233 g/mol. The zero-order chi connectivity index (χ0) is 13.1. The summed E-state index contributed by atoms with van der Waals surface area (Å²) >= 11 is 0. The molecule has 2 heteroatoms. The van der Waals surface area contributed by atoms with Crippen LogP contribution in [0.15, 0.2) is 24.3 Å². The molecule has 0 fully saturated rings. The van der Waals surface area contributed by atoms with Crippen LogP contribution in [0.5, 0.6) is 0 Å². The second-order valence-electron chi connectivity index (χ2n) is 5.53. The Morgan fingerprint density at radius 1 is 1.24 bits per heavy atom. The first-order valence-corrected chi connectivity index (χ1v) is 6.22. The van der Waals surface area contributed by atoms with Gasteiger partial charge in [-0.3, -0.25) is 4.79 Å². The SMILES string of the molecule is CCC(NC(C)=O)c1ccc(C(C)(C)C)cc1. The number of benzene rings is 1. The minimum absolute atomic E-state index is 0.0248. The van der Waals surface area contributed by atoms with Crippen LogP contribution in [0.25, 0.3) is 0 Å². The molecule has 1 N–H and O–H groups in total. The predicted octanol–water partition coefficient (Wildman–Crippen LogP) is 3.57. The zero-order valence-corrected chi connectivity index (χ0v) is 11.5. The van der Waals surface area contributed by atoms with Crippen molar-refractivity contribution < 1.29 is 4.79 Å². The molecule has 1 amide bonds. The molecule has 1 unspecified atom stereocenters. The lowest BCUT2D eigenvalue weighted by molar-refractivity contribution is -0.119. The average molecular weight is 233 g/mol. The molecule has 0 aliphatic rings. The second-order valence-corrected chi connectivity index (χ2v) is 5.53. The van der Waals surface area contributed by atoms with Crippen molar-refractivity contribution in [1.29, 1.82) is 0 Å². The molecule has 17 heavy (non-hydrogen) atoms. The van der Waals surface area contributed by atoms with Crippen molar-refractivity contribution in [3.63, 3.8) is 0 Å². The Kier molecular flexibility index (Phi) is 4.33. The first-order chi connectivity index (χ1) is 7.84. The van der Waals surface area contributed by atoms with Crippen LogP contribution >= 0.6 is 0 Å². The highest BCUT2D eigenvalue weighted by molar-refractivity contribution is 5.73. The van der Waals surface area contributed by atoms with Gasteiger partial charge in [0.2, 0.25) is 5.91 Å². The van der Waals surface area contributed by atoms with E-state index in [0.29, 0.717) is 0 Å². The molecular formula is C15H23NO. The molecule has 0 radical (unpaired) electrons. The molecule has 0 aliphatic heterocycles. The standard InChI is InChI=1S/C15H23NO/c1-6-14(16-11(2)17)12-7-9-13(10-8-12)15(3,4)5/h7-10,14H,6H2,1-5H3,(H,16,17). The van der Waals surface area contributed by atoms with E-state index in [9.17, 15) is 4.79 Å². The minimum atomic E-state index is 0.0248. The summed E-state index contributed by atoms with van der Waals surface area (Å²) in [5.74, 6) is 0.0248. The maximum absolute atomic E-state index is 11.1. The third kappa shape index (κ3) is 3.88. The fourth-order valence-corrected chi connectivity index (χ4v) is 1.88. The van der Waals surface area contributed by atoms with Crippen LogP contribution in [0, 0.1) is 0 Å². The van der Waals surface area contributed by atoms with Crippen molar-refractivity contribution in [2.24, 2.45) is 0 Å². The average Bonchev–Trinajstić information content (AvgIpc) is 2.24. The van der Waals surface area contributed by atoms with Crippen molar-refractivity contribution in [2.75, 3.05) is 0 Å². The number of rotatable bonds is 3. The number of carbonyl (C=O) groups is 1. The molecule has 0 saturated heterocycles. The number of nitrogens with one attached hydrogen (secondary N) is 1. The molecule has 1 rings (SSSR count). The van der Waals surface area contributed by atoms with E-state index < -0.39 is 0 Å². The summed E-state index contributed by atoms with van der Waals surface area (Å²) in [4.78, 5) is 11.1. The fraction of sp³-hybridized carbons (Fsp3) is 0.533. The molecule has 2 nitrogen and oxygen atoms in total. The third-order valence-corrected chi connectivity index (χ3v) is 2.96. The Morgan fingerprint density at radius 3 is 2.12 bits per heavy atom. The van der Waals surface area contributed by atoms with Gasteiger partial charge in [0.05, 0.1) is 6.04 Å². The van der Waals surface area contributed by atoms with Crippen molar-refractivity contribution in [3.05, 3.63) is 35.4 Å². The summed E-state index contributed by atoms with van der Waals surface area (Å²) in [5, 5.41) is 2.97. The van der Waals surface area contributed by atoms with Crippen molar-refractivity contribution in [3.8, 4) is 0 Å². The molecular weight excluding hydrogens is 210 g/mol. The number of carbonyl (C=O) groups excluding carboxylic acids is 1. The van der Waals surface area contributed by atoms with E-state index in [2.05, 4.69) is 57.3 Å². The van der Waals surface area contributed by atoms with Crippen molar-refractivity contribution >= 4 is 5.91 Å². The maximum atomic E-state index is 11.1. The van der Waals surface area contributed by atoms with Crippen LogP contribution in [0.1, 0.15) is 58.2 Å². The first kappa shape index (κ1) is 13.8. The van der Waals surface area contributed by atoms with E-state index in [-0.39, 0.29) is 17.4 Å². The van der Waals surface area contributed by atoms with Gasteiger partial charge in [-0.1, -0.05) is 52.0 Å². The van der Waals surface area contributed by atoms with Gasteiger partial charge in [-0.2, -0.15) is 0 Å². The smallest absolute Gasteiger partial charge is 0.217 e. The molecule has 0 saturated carbocycles. The van der Waals surface area contributed by atoms with E-state index in [1.807, 2.05) is 0 Å². The van der Waals surface area contributed by atoms with Gasteiger partial charge in [-0.25, -0.2) is 0 Å². The summed E-state index contributed by atoms with van der Waals surface area (Å²) in [7, 11) is 0. The quantitative estimate of drug-likeness (QED) is 0.849. The van der Waals surface area contributed by atoms with Crippen LogP contribution < -0.4 is 5.32 Å². The van der Waals surface area contributed by atoms with Crippen LogP contribution in [0.4, 0.5) is 0 Å². The molecule has 0 aromatic heterocycles. The van der Waals surface area contributed by atoms with E-state index in [1.54, 1.807) is 6.92 Å². The van der Waals surface area contributed by atoms with E-state index in [0.717, 1.165) is 6.42 Å². The molecule has 94 valence electrons. The van der Waals surface area contributed by atoms with Gasteiger partial charge in [-0.15, -0.1) is 0 Å². The fourth-order valence-electron chi connectivity index (χ4n) is 1.88. The van der Waals surface area contributed by atoms with Crippen molar-refractivity contribution in [1.82, 2.24) is 5.32 Å². The zero-order valence-electron chi connectivity index (χ0n) is 11.5. The van der Waals surface area contributed by atoms with Gasteiger partial charge >= 0.3 is 0 Å². The Morgan fingerprint density at radius 2 is 1.76 bits per heavy atom. The van der Waals surface area contributed by atoms with Gasteiger partial charge in [0.15, 0.2) is 0 Å². The highest BCUT2D eigenvalue weighted by Crippen LogP contribution is 2.24. The Labute approximate surface area is 104 Å². The van der Waals surface area contributed by atoms with Gasteiger partial charge in [0.25, 0.3) is 0 Å². The van der Waals surface area contributed by atoms with E-state index in [4.69, 9.17) is 0 Å². The highest BCUT2D eigenvalue weighted by atomic mass is 16.1. The maximum Gasteiger partial charge on any atom is 0.217 e. The van der Waals surface area contributed by atoms with Crippen LogP contribution in [0.2, 0.25) is 0 Å². The van der Waals surface area contributed by atoms with Gasteiger partial charge in [0.1, 0.15) is 0 Å². The van der Waals surface area contributed by atoms with Gasteiger partial charge in [-0.05, 0) is 23.0 Å². The van der Waals surface area contributed by atoms with E-state index in [1.165, 1.54) is 11.1 Å². The van der Waals surface area contributed by atoms with Gasteiger partial charge in [0, 0.05) is 6.92 Å². The molecule has 1 aromatic rings. The normalized spacial score (nSPS) is 13.2. The number of hydrogen-bond donors (Lipinski definition) is 1.